The lowest BCUT2D eigenvalue weighted by Crippen LogP contribution is -2.41. The first-order chi connectivity index (χ1) is 14.9. The average Bonchev–Trinajstić information content (AvgIpc) is 3.35. The van der Waals surface area contributed by atoms with Crippen molar-refractivity contribution in [3.05, 3.63) is 41.5 Å². The van der Waals surface area contributed by atoms with Gasteiger partial charge in [0.1, 0.15) is 5.75 Å². The average molecular weight is 428 g/mol. The molecule has 0 aliphatic carbocycles. The molecule has 1 N–H and O–H groups in total. The molecule has 1 aromatic carbocycles. The zero-order valence-electron chi connectivity index (χ0n) is 18.2. The van der Waals surface area contributed by atoms with E-state index in [1.807, 2.05) is 42.7 Å². The van der Waals surface area contributed by atoms with Crippen LogP contribution in [0.3, 0.4) is 0 Å². The number of β-amino-alcohol motifs (C(OH)–C–C–N with tert-alkyl or cyclic N) is 1. The van der Waals surface area contributed by atoms with Gasteiger partial charge in [-0.2, -0.15) is 0 Å². The Morgan fingerprint density at radius 3 is 2.81 bits per heavy atom. The number of hydrogen-bond acceptors (Lipinski definition) is 6. The minimum absolute atomic E-state index is 0.0661. The third kappa shape index (κ3) is 4.27. The Morgan fingerprint density at radius 2 is 2.06 bits per heavy atom. The fraction of sp³-hybridized carbons (Fsp3) is 0.545. The van der Waals surface area contributed by atoms with Crippen LogP contribution in [0.25, 0.3) is 0 Å². The van der Waals surface area contributed by atoms with Crippen molar-refractivity contribution in [2.24, 2.45) is 5.92 Å². The molecule has 0 bridgehead atoms. The van der Waals surface area contributed by atoms with Gasteiger partial charge in [-0.15, -0.1) is 10.2 Å². The monoisotopic (exact) mass is 427 g/mol. The van der Waals surface area contributed by atoms with Gasteiger partial charge in [0.05, 0.1) is 32.2 Å². The van der Waals surface area contributed by atoms with Gasteiger partial charge in [0, 0.05) is 32.0 Å². The maximum Gasteiger partial charge on any atom is 0.227 e. The molecule has 0 radical (unpaired) electrons. The van der Waals surface area contributed by atoms with E-state index in [2.05, 4.69) is 10.2 Å². The van der Waals surface area contributed by atoms with Crippen molar-refractivity contribution in [1.82, 2.24) is 24.6 Å². The number of rotatable bonds is 5. The number of aromatic nitrogens is 3. The number of aliphatic hydroxyl groups is 1. The summed E-state index contributed by atoms with van der Waals surface area (Å²) in [4.78, 5) is 29.0. The van der Waals surface area contributed by atoms with Crippen molar-refractivity contribution in [1.29, 1.82) is 0 Å². The lowest BCUT2D eigenvalue weighted by Gasteiger charge is -2.31. The van der Waals surface area contributed by atoms with Crippen molar-refractivity contribution >= 4 is 11.8 Å². The van der Waals surface area contributed by atoms with Gasteiger partial charge in [0.25, 0.3) is 0 Å². The normalized spacial score (nSPS) is 20.8. The van der Waals surface area contributed by atoms with Gasteiger partial charge in [0.15, 0.2) is 11.6 Å². The van der Waals surface area contributed by atoms with Crippen LogP contribution in [0.1, 0.15) is 43.5 Å². The van der Waals surface area contributed by atoms with E-state index in [9.17, 15) is 14.7 Å². The number of benzene rings is 1. The predicted molar refractivity (Wildman–Crippen MR) is 112 cm³/mol. The third-order valence-corrected chi connectivity index (χ3v) is 5.97. The molecule has 0 spiro atoms. The molecule has 1 fully saturated rings. The van der Waals surface area contributed by atoms with Gasteiger partial charge in [-0.3, -0.25) is 9.59 Å². The van der Waals surface area contributed by atoms with E-state index in [4.69, 9.17) is 4.74 Å². The van der Waals surface area contributed by atoms with Gasteiger partial charge in [-0.05, 0) is 17.7 Å². The van der Waals surface area contributed by atoms with Gasteiger partial charge >= 0.3 is 0 Å². The fourth-order valence-electron chi connectivity index (χ4n) is 4.37. The molecule has 0 unspecified atom stereocenters. The second-order valence-electron chi connectivity index (χ2n) is 8.52. The minimum atomic E-state index is -0.602. The second-order valence-corrected chi connectivity index (χ2v) is 8.52. The molecule has 9 nitrogen and oxygen atoms in total. The van der Waals surface area contributed by atoms with Crippen LogP contribution in [0.2, 0.25) is 0 Å². The number of aliphatic hydroxyl groups excluding tert-OH is 1. The van der Waals surface area contributed by atoms with Crippen molar-refractivity contribution in [3.8, 4) is 5.75 Å². The fourth-order valence-corrected chi connectivity index (χ4v) is 4.37. The van der Waals surface area contributed by atoms with E-state index >= 15 is 0 Å². The van der Waals surface area contributed by atoms with Crippen molar-refractivity contribution in [2.45, 2.75) is 51.9 Å². The number of likely N-dealkylation sites (tertiary alicyclic amines) is 1. The first-order valence-electron chi connectivity index (χ1n) is 10.7. The number of nitrogens with zero attached hydrogens (tertiary/aromatic N) is 5. The smallest absolute Gasteiger partial charge is 0.227 e. The summed E-state index contributed by atoms with van der Waals surface area (Å²) in [6, 6.07) is 7.10. The lowest BCUT2D eigenvalue weighted by molar-refractivity contribution is -0.136. The number of ether oxygens (including phenoxy) is 1. The third-order valence-electron chi connectivity index (χ3n) is 5.97. The number of amides is 2. The molecule has 2 aromatic rings. The summed E-state index contributed by atoms with van der Waals surface area (Å²) in [5.74, 6) is 2.07. The van der Waals surface area contributed by atoms with Crippen LogP contribution in [-0.2, 0) is 29.1 Å². The zero-order chi connectivity index (χ0) is 22.1. The van der Waals surface area contributed by atoms with Gasteiger partial charge in [-0.25, -0.2) is 0 Å². The number of hydrogen-bond donors (Lipinski definition) is 1. The Bertz CT molecular complexity index is 973. The van der Waals surface area contributed by atoms with E-state index in [1.165, 1.54) is 0 Å². The van der Waals surface area contributed by atoms with Crippen LogP contribution < -0.4 is 4.74 Å². The van der Waals surface area contributed by atoms with Crippen LogP contribution in [0.15, 0.2) is 24.3 Å². The number of methoxy groups -OCH3 is 1. The Kier molecular flexibility index (Phi) is 5.95. The predicted octanol–water partition coefficient (Wildman–Crippen LogP) is 1.16. The molecule has 2 aliphatic heterocycles. The Morgan fingerprint density at radius 1 is 1.26 bits per heavy atom. The first kappa shape index (κ1) is 21.3. The zero-order valence-corrected chi connectivity index (χ0v) is 18.2. The quantitative estimate of drug-likeness (QED) is 0.769. The van der Waals surface area contributed by atoms with Gasteiger partial charge in [-0.1, -0.05) is 26.0 Å². The van der Waals surface area contributed by atoms with E-state index in [-0.39, 0.29) is 36.7 Å². The molecule has 1 saturated heterocycles. The number of carbonyl (C=O) groups excluding carboxylic acids is 2. The van der Waals surface area contributed by atoms with Gasteiger partial charge in [0.2, 0.25) is 11.8 Å². The second kappa shape index (κ2) is 8.66. The molecular formula is C22H29N5O4. The molecular weight excluding hydrogens is 398 g/mol. The molecule has 166 valence electrons. The van der Waals surface area contributed by atoms with Crippen LogP contribution in [0.4, 0.5) is 0 Å². The molecule has 31 heavy (non-hydrogen) atoms. The Hall–Kier alpha value is -2.94. The molecule has 1 aromatic heterocycles. The highest BCUT2D eigenvalue weighted by Crippen LogP contribution is 2.33. The lowest BCUT2D eigenvalue weighted by atomic mass is 10.1. The molecule has 2 amide bonds. The number of fused-ring (bicyclic) bond motifs is 1. The van der Waals surface area contributed by atoms with Crippen LogP contribution in [0.5, 0.6) is 5.75 Å². The van der Waals surface area contributed by atoms with Gasteiger partial charge < -0.3 is 24.2 Å². The summed E-state index contributed by atoms with van der Waals surface area (Å²) >= 11 is 0. The summed E-state index contributed by atoms with van der Waals surface area (Å²) in [5.41, 5.74) is 0.857. The Labute approximate surface area is 181 Å². The highest BCUT2D eigenvalue weighted by atomic mass is 16.5. The van der Waals surface area contributed by atoms with Crippen molar-refractivity contribution in [2.75, 3.05) is 20.2 Å². The van der Waals surface area contributed by atoms with E-state index in [0.717, 1.165) is 11.4 Å². The van der Waals surface area contributed by atoms with E-state index in [0.29, 0.717) is 37.6 Å². The van der Waals surface area contributed by atoms with Crippen molar-refractivity contribution in [3.63, 3.8) is 0 Å². The molecule has 4 rings (SSSR count). The molecule has 2 atom stereocenters. The highest BCUT2D eigenvalue weighted by Gasteiger charge is 2.39. The maximum absolute atomic E-state index is 13.1. The molecule has 9 heteroatoms. The first-order valence-corrected chi connectivity index (χ1v) is 10.7. The SMILES string of the molecule is COc1cccc(CC(=O)N2C[C@@H](O)C[C@H]2c2nnc3n2CCN(C(=O)C(C)C)C3)c1. The van der Waals surface area contributed by atoms with Crippen molar-refractivity contribution < 1.29 is 19.4 Å². The Balaban J connectivity index is 1.52. The molecule has 2 aliphatic rings. The van der Waals surface area contributed by atoms with Crippen LogP contribution in [-0.4, -0.2) is 67.8 Å². The molecule has 0 saturated carbocycles. The topological polar surface area (TPSA) is 101 Å². The molecule has 3 heterocycles. The highest BCUT2D eigenvalue weighted by molar-refractivity contribution is 5.80. The summed E-state index contributed by atoms with van der Waals surface area (Å²) in [6.07, 6.45) is 0.0455. The van der Waals surface area contributed by atoms with Crippen LogP contribution >= 0.6 is 0 Å². The summed E-state index contributed by atoms with van der Waals surface area (Å²) < 4.78 is 7.25. The van der Waals surface area contributed by atoms with E-state index < -0.39 is 6.10 Å². The minimum Gasteiger partial charge on any atom is -0.497 e. The summed E-state index contributed by atoms with van der Waals surface area (Å²) in [5, 5.41) is 19.0. The standard InChI is InChI=1S/C22H29N5O4/c1-14(2)22(30)25-7-8-26-19(13-25)23-24-21(26)18-11-16(28)12-27(18)20(29)10-15-5-4-6-17(9-15)31-3/h4-6,9,14,16,18,28H,7-8,10-13H2,1-3H3/t16-,18-/m0/s1. The summed E-state index contributed by atoms with van der Waals surface area (Å²) in [7, 11) is 1.60. The maximum atomic E-state index is 13.1. The largest absolute Gasteiger partial charge is 0.497 e. The van der Waals surface area contributed by atoms with Crippen LogP contribution in [0, 0.1) is 5.92 Å². The van der Waals surface area contributed by atoms with E-state index in [1.54, 1.807) is 16.9 Å². The number of carbonyl (C=O) groups is 2. The summed E-state index contributed by atoms with van der Waals surface area (Å²) in [6.45, 7) is 5.63.